The lowest BCUT2D eigenvalue weighted by molar-refractivity contribution is 0.0856. The predicted molar refractivity (Wildman–Crippen MR) is 71.4 cm³/mol. The molecule has 0 spiro atoms. The van der Waals surface area contributed by atoms with Crippen molar-refractivity contribution in [2.24, 2.45) is 5.92 Å². The second-order valence-corrected chi connectivity index (χ2v) is 5.52. The summed E-state index contributed by atoms with van der Waals surface area (Å²) in [5.41, 5.74) is 3.30. The second kappa shape index (κ2) is 4.02. The Labute approximate surface area is 107 Å². The van der Waals surface area contributed by atoms with Crippen molar-refractivity contribution in [3.05, 3.63) is 36.2 Å². The Morgan fingerprint density at radius 3 is 2.72 bits per heavy atom. The molecule has 2 bridgehead atoms. The summed E-state index contributed by atoms with van der Waals surface area (Å²) >= 11 is 0. The number of aromatic nitrogens is 2. The highest BCUT2D eigenvalue weighted by molar-refractivity contribution is 5.73. The molecule has 5 rings (SSSR count). The first-order valence-corrected chi connectivity index (χ1v) is 6.84. The fourth-order valence-corrected chi connectivity index (χ4v) is 3.48. The first kappa shape index (κ1) is 10.4. The van der Waals surface area contributed by atoms with E-state index in [0.717, 1.165) is 17.0 Å². The summed E-state index contributed by atoms with van der Waals surface area (Å²) in [6.07, 6.45) is 4.52. The van der Waals surface area contributed by atoms with E-state index in [1.807, 2.05) is 12.3 Å². The van der Waals surface area contributed by atoms with Crippen molar-refractivity contribution in [2.75, 3.05) is 19.6 Å². The number of pyridine rings is 2. The van der Waals surface area contributed by atoms with E-state index in [4.69, 9.17) is 4.98 Å². The van der Waals surface area contributed by atoms with E-state index in [2.05, 4.69) is 28.1 Å². The van der Waals surface area contributed by atoms with Crippen molar-refractivity contribution in [1.82, 2.24) is 14.9 Å². The van der Waals surface area contributed by atoms with Crippen molar-refractivity contribution in [2.45, 2.75) is 18.8 Å². The smallest absolute Gasteiger partial charge is 0.0890 e. The molecule has 2 aromatic heterocycles. The van der Waals surface area contributed by atoms with Crippen LogP contribution in [0.15, 0.2) is 30.5 Å². The summed E-state index contributed by atoms with van der Waals surface area (Å²) in [5.74, 6) is 1.48. The maximum atomic E-state index is 4.83. The van der Waals surface area contributed by atoms with Crippen LogP contribution in [0.1, 0.15) is 24.5 Å². The lowest BCUT2D eigenvalue weighted by atomic mass is 9.77. The number of rotatable bonds is 1. The molecule has 0 N–H and O–H groups in total. The Balaban J connectivity index is 1.74. The zero-order chi connectivity index (χ0) is 11.9. The number of hydrogen-bond acceptors (Lipinski definition) is 3. The third-order valence-electron chi connectivity index (χ3n) is 4.51. The lowest BCUT2D eigenvalue weighted by Crippen LogP contribution is -2.46. The minimum atomic E-state index is 0.636. The zero-order valence-electron chi connectivity index (χ0n) is 10.4. The molecule has 3 aliphatic heterocycles. The van der Waals surface area contributed by atoms with E-state index < -0.39 is 0 Å². The predicted octanol–water partition coefficient (Wildman–Crippen LogP) is 2.44. The van der Waals surface area contributed by atoms with Gasteiger partial charge in [0.15, 0.2) is 0 Å². The number of hydrogen-bond donors (Lipinski definition) is 0. The Bertz CT molecular complexity index is 573. The highest BCUT2D eigenvalue weighted by Gasteiger charge is 2.35. The molecular formula is C15H17N3. The molecule has 0 saturated carbocycles. The van der Waals surface area contributed by atoms with Crippen LogP contribution in [0.2, 0.25) is 0 Å². The van der Waals surface area contributed by atoms with Gasteiger partial charge in [0, 0.05) is 24.4 Å². The van der Waals surface area contributed by atoms with Gasteiger partial charge in [-0.15, -0.1) is 0 Å². The molecule has 3 fully saturated rings. The van der Waals surface area contributed by atoms with E-state index in [-0.39, 0.29) is 0 Å². The van der Waals surface area contributed by atoms with Crippen LogP contribution in [-0.4, -0.2) is 34.5 Å². The van der Waals surface area contributed by atoms with Crippen LogP contribution in [-0.2, 0) is 0 Å². The van der Waals surface area contributed by atoms with Crippen LogP contribution in [0, 0.1) is 5.92 Å². The van der Waals surface area contributed by atoms with Crippen molar-refractivity contribution < 1.29 is 0 Å². The van der Waals surface area contributed by atoms with Crippen molar-refractivity contribution >= 4 is 11.0 Å². The Morgan fingerprint density at radius 1 is 1.06 bits per heavy atom. The number of piperidine rings is 3. The first-order chi connectivity index (χ1) is 8.90. The van der Waals surface area contributed by atoms with Gasteiger partial charge in [-0.25, -0.2) is 0 Å². The van der Waals surface area contributed by atoms with Crippen molar-refractivity contribution in [3.63, 3.8) is 0 Å². The van der Waals surface area contributed by atoms with E-state index in [1.54, 1.807) is 0 Å². The van der Waals surface area contributed by atoms with Gasteiger partial charge in [0.2, 0.25) is 0 Å². The van der Waals surface area contributed by atoms with Gasteiger partial charge in [-0.3, -0.25) is 9.97 Å². The van der Waals surface area contributed by atoms with Crippen LogP contribution in [0.4, 0.5) is 0 Å². The molecule has 18 heavy (non-hydrogen) atoms. The highest BCUT2D eigenvalue weighted by Crippen LogP contribution is 2.38. The van der Waals surface area contributed by atoms with Gasteiger partial charge in [0.25, 0.3) is 0 Å². The lowest BCUT2D eigenvalue weighted by Gasteiger charge is -2.44. The topological polar surface area (TPSA) is 29.0 Å². The Kier molecular flexibility index (Phi) is 2.33. The molecule has 5 heterocycles. The van der Waals surface area contributed by atoms with Gasteiger partial charge < -0.3 is 4.90 Å². The molecule has 0 amide bonds. The van der Waals surface area contributed by atoms with Gasteiger partial charge >= 0.3 is 0 Å². The summed E-state index contributed by atoms with van der Waals surface area (Å²) in [6.45, 7) is 3.77. The summed E-state index contributed by atoms with van der Waals surface area (Å²) in [6, 6.07) is 8.33. The quantitative estimate of drug-likeness (QED) is 0.765. The van der Waals surface area contributed by atoms with Crippen LogP contribution in [0.5, 0.6) is 0 Å². The minimum absolute atomic E-state index is 0.636. The summed E-state index contributed by atoms with van der Waals surface area (Å²) in [5, 5.41) is 0. The molecule has 0 radical (unpaired) electrons. The van der Waals surface area contributed by atoms with Gasteiger partial charge in [-0.2, -0.15) is 0 Å². The molecule has 1 unspecified atom stereocenters. The van der Waals surface area contributed by atoms with Gasteiger partial charge in [0.1, 0.15) is 0 Å². The molecule has 3 aliphatic rings. The Hall–Kier alpha value is -1.48. The SMILES string of the molecule is c1cnc2ccc(C3CN4CCC3CC4)nc2c1. The largest absolute Gasteiger partial charge is 0.303 e. The van der Waals surface area contributed by atoms with E-state index in [0.29, 0.717) is 5.92 Å². The first-order valence-electron chi connectivity index (χ1n) is 6.84. The number of fused-ring (bicyclic) bond motifs is 4. The fourth-order valence-electron chi connectivity index (χ4n) is 3.48. The normalized spacial score (nSPS) is 30.8. The van der Waals surface area contributed by atoms with Crippen LogP contribution in [0.25, 0.3) is 11.0 Å². The highest BCUT2D eigenvalue weighted by atomic mass is 15.1. The van der Waals surface area contributed by atoms with E-state index >= 15 is 0 Å². The van der Waals surface area contributed by atoms with Crippen LogP contribution < -0.4 is 0 Å². The second-order valence-electron chi connectivity index (χ2n) is 5.52. The van der Waals surface area contributed by atoms with Crippen molar-refractivity contribution in [3.8, 4) is 0 Å². The van der Waals surface area contributed by atoms with E-state index in [1.165, 1.54) is 38.2 Å². The maximum Gasteiger partial charge on any atom is 0.0890 e. The Morgan fingerprint density at radius 2 is 1.94 bits per heavy atom. The van der Waals surface area contributed by atoms with Gasteiger partial charge in [0.05, 0.1) is 11.0 Å². The third kappa shape index (κ3) is 1.62. The molecule has 3 heteroatoms. The molecular weight excluding hydrogens is 222 g/mol. The van der Waals surface area contributed by atoms with Crippen molar-refractivity contribution in [1.29, 1.82) is 0 Å². The van der Waals surface area contributed by atoms with Gasteiger partial charge in [-0.05, 0) is 56.1 Å². The zero-order valence-corrected chi connectivity index (χ0v) is 10.4. The molecule has 92 valence electrons. The average molecular weight is 239 g/mol. The molecule has 1 atom stereocenters. The molecule has 0 aromatic carbocycles. The van der Waals surface area contributed by atoms with Crippen LogP contribution in [0.3, 0.4) is 0 Å². The monoisotopic (exact) mass is 239 g/mol. The van der Waals surface area contributed by atoms with Gasteiger partial charge in [-0.1, -0.05) is 0 Å². The third-order valence-corrected chi connectivity index (χ3v) is 4.51. The van der Waals surface area contributed by atoms with Crippen LogP contribution >= 0.6 is 0 Å². The minimum Gasteiger partial charge on any atom is -0.303 e. The standard InChI is InChI=1S/C15H17N3/c1-2-15-14(16-7-1)4-3-13(17-15)12-10-18-8-5-11(12)6-9-18/h1-4,7,11-12H,5-6,8-10H2. The summed E-state index contributed by atoms with van der Waals surface area (Å²) in [4.78, 5) is 11.8. The maximum absolute atomic E-state index is 4.83. The molecule has 3 nitrogen and oxygen atoms in total. The summed E-state index contributed by atoms with van der Waals surface area (Å²) < 4.78 is 0. The fraction of sp³-hybridized carbons (Fsp3) is 0.467. The molecule has 3 saturated heterocycles. The molecule has 2 aromatic rings. The van der Waals surface area contributed by atoms with E-state index in [9.17, 15) is 0 Å². The average Bonchev–Trinajstić information content (AvgIpc) is 2.48. The number of nitrogens with zero attached hydrogens (tertiary/aromatic N) is 3. The summed E-state index contributed by atoms with van der Waals surface area (Å²) in [7, 11) is 0. The molecule has 0 aliphatic carbocycles.